The van der Waals surface area contributed by atoms with Gasteiger partial charge in [0.1, 0.15) is 11.5 Å². The minimum absolute atomic E-state index is 0.00182. The second kappa shape index (κ2) is 9.60. The minimum Gasteiger partial charge on any atom is -0.496 e. The maximum Gasteiger partial charge on any atom is 0.258 e. The van der Waals surface area contributed by atoms with Crippen molar-refractivity contribution in [2.75, 3.05) is 34.4 Å². The number of nitrogens with zero attached hydrogens (tertiary/aromatic N) is 1. The number of hydrogen-bond acceptors (Lipinski definition) is 4. The quantitative estimate of drug-likeness (QED) is 0.752. The van der Waals surface area contributed by atoms with Crippen LogP contribution in [0.25, 0.3) is 0 Å². The first kappa shape index (κ1) is 21.8. The third-order valence-electron chi connectivity index (χ3n) is 4.67. The molecule has 0 aliphatic heterocycles. The Bertz CT molecular complexity index is 781. The Labute approximate surface area is 168 Å². The summed E-state index contributed by atoms with van der Waals surface area (Å²) in [5.41, 5.74) is 2.07. The summed E-state index contributed by atoms with van der Waals surface area (Å²) in [4.78, 5) is 14.5. The van der Waals surface area contributed by atoms with Crippen LogP contribution in [0.4, 0.5) is 0 Å². The second-order valence-electron chi connectivity index (χ2n) is 8.06. The fourth-order valence-corrected chi connectivity index (χ4v) is 3.13. The van der Waals surface area contributed by atoms with Gasteiger partial charge in [0.25, 0.3) is 5.91 Å². The molecule has 2 rings (SSSR count). The van der Waals surface area contributed by atoms with Gasteiger partial charge in [-0.05, 0) is 37.2 Å². The first-order valence-electron chi connectivity index (χ1n) is 9.52. The molecule has 1 N–H and O–H groups in total. The van der Waals surface area contributed by atoms with Crippen molar-refractivity contribution in [3.05, 3.63) is 59.7 Å². The number of rotatable bonds is 8. The number of carbonyl (C=O) groups is 1. The molecule has 5 nitrogen and oxygen atoms in total. The highest BCUT2D eigenvalue weighted by atomic mass is 16.5. The fourth-order valence-electron chi connectivity index (χ4n) is 3.13. The Hall–Kier alpha value is -2.53. The van der Waals surface area contributed by atoms with E-state index in [2.05, 4.69) is 31.0 Å². The Kier molecular flexibility index (Phi) is 7.46. The van der Waals surface area contributed by atoms with Crippen molar-refractivity contribution in [3.63, 3.8) is 0 Å². The fraction of sp³-hybridized carbons (Fsp3) is 0.435. The van der Waals surface area contributed by atoms with E-state index in [-0.39, 0.29) is 24.0 Å². The molecule has 0 aromatic heterocycles. The third-order valence-corrected chi connectivity index (χ3v) is 4.67. The predicted octanol–water partition coefficient (Wildman–Crippen LogP) is 3.79. The molecule has 1 amide bonds. The van der Waals surface area contributed by atoms with Crippen molar-refractivity contribution < 1.29 is 14.3 Å². The van der Waals surface area contributed by atoms with Crippen LogP contribution in [-0.2, 0) is 10.2 Å². The monoisotopic (exact) mass is 384 g/mol. The van der Waals surface area contributed by atoms with Crippen molar-refractivity contribution in [1.82, 2.24) is 10.2 Å². The first-order valence-corrected chi connectivity index (χ1v) is 9.52. The summed E-state index contributed by atoms with van der Waals surface area (Å²) in [6.45, 7) is 6.84. The molecule has 0 saturated carbocycles. The molecule has 0 fully saturated rings. The van der Waals surface area contributed by atoms with Crippen LogP contribution >= 0.6 is 0 Å². The van der Waals surface area contributed by atoms with E-state index < -0.39 is 0 Å². The highest BCUT2D eigenvalue weighted by Gasteiger charge is 2.21. The lowest BCUT2D eigenvalue weighted by Crippen LogP contribution is -2.37. The number of amides is 1. The van der Waals surface area contributed by atoms with Gasteiger partial charge < -0.3 is 19.7 Å². The molecular weight excluding hydrogens is 352 g/mol. The summed E-state index contributed by atoms with van der Waals surface area (Å²) in [5, 5.41) is 2.98. The summed E-state index contributed by atoms with van der Waals surface area (Å²) >= 11 is 0. The molecule has 2 aromatic carbocycles. The molecule has 0 radical (unpaired) electrons. The van der Waals surface area contributed by atoms with Crippen LogP contribution in [0.3, 0.4) is 0 Å². The number of methoxy groups -OCH3 is 1. The summed E-state index contributed by atoms with van der Waals surface area (Å²) in [7, 11) is 5.63. The summed E-state index contributed by atoms with van der Waals surface area (Å²) in [6, 6.07) is 15.7. The zero-order valence-electron chi connectivity index (χ0n) is 17.8. The number of likely N-dealkylation sites (N-methyl/N-ethyl adjacent to an activating group) is 1. The van der Waals surface area contributed by atoms with Gasteiger partial charge in [-0.15, -0.1) is 0 Å². The summed E-state index contributed by atoms with van der Waals surface area (Å²) in [5.74, 6) is 1.41. The topological polar surface area (TPSA) is 50.8 Å². The molecule has 5 heteroatoms. The molecular formula is C23H32N2O3. The molecule has 0 aliphatic rings. The van der Waals surface area contributed by atoms with E-state index in [0.29, 0.717) is 6.54 Å². The van der Waals surface area contributed by atoms with Crippen LogP contribution in [0, 0.1) is 0 Å². The Morgan fingerprint density at radius 1 is 1.04 bits per heavy atom. The van der Waals surface area contributed by atoms with Crippen molar-refractivity contribution in [2.24, 2.45) is 0 Å². The molecule has 0 aliphatic carbocycles. The molecule has 1 atom stereocenters. The van der Waals surface area contributed by atoms with E-state index in [4.69, 9.17) is 9.47 Å². The Balaban J connectivity index is 2.00. The van der Waals surface area contributed by atoms with Crippen molar-refractivity contribution in [1.29, 1.82) is 0 Å². The maximum atomic E-state index is 12.4. The van der Waals surface area contributed by atoms with Crippen LogP contribution in [0.1, 0.15) is 37.9 Å². The van der Waals surface area contributed by atoms with E-state index >= 15 is 0 Å². The summed E-state index contributed by atoms with van der Waals surface area (Å²) in [6.07, 6.45) is 0. The van der Waals surface area contributed by atoms with Crippen LogP contribution < -0.4 is 14.8 Å². The average molecular weight is 385 g/mol. The van der Waals surface area contributed by atoms with Crippen molar-refractivity contribution in [2.45, 2.75) is 32.2 Å². The van der Waals surface area contributed by atoms with Gasteiger partial charge in [-0.25, -0.2) is 0 Å². The smallest absolute Gasteiger partial charge is 0.258 e. The van der Waals surface area contributed by atoms with Crippen molar-refractivity contribution >= 4 is 5.91 Å². The average Bonchev–Trinajstić information content (AvgIpc) is 2.66. The second-order valence-corrected chi connectivity index (χ2v) is 8.06. The lowest BCUT2D eigenvalue weighted by Gasteiger charge is -2.26. The Morgan fingerprint density at radius 2 is 1.64 bits per heavy atom. The van der Waals surface area contributed by atoms with Gasteiger partial charge in [-0.2, -0.15) is 0 Å². The van der Waals surface area contributed by atoms with Gasteiger partial charge in [0.05, 0.1) is 13.2 Å². The van der Waals surface area contributed by atoms with E-state index in [1.54, 1.807) is 7.11 Å². The maximum absolute atomic E-state index is 12.4. The van der Waals surface area contributed by atoms with Gasteiger partial charge in [0.15, 0.2) is 6.61 Å². The van der Waals surface area contributed by atoms with Crippen LogP contribution in [0.2, 0.25) is 0 Å². The van der Waals surface area contributed by atoms with Crippen molar-refractivity contribution in [3.8, 4) is 11.5 Å². The van der Waals surface area contributed by atoms with Gasteiger partial charge >= 0.3 is 0 Å². The lowest BCUT2D eigenvalue weighted by atomic mass is 9.86. The Morgan fingerprint density at radius 3 is 2.25 bits per heavy atom. The largest absolute Gasteiger partial charge is 0.496 e. The normalized spacial score (nSPS) is 12.5. The molecule has 1 unspecified atom stereocenters. The van der Waals surface area contributed by atoms with Gasteiger partial charge in [0, 0.05) is 12.1 Å². The standard InChI is InChI=1S/C23H32N2O3/c1-23(2,3)18-12-8-10-14-21(18)28-16-22(26)24-15-19(25(4)5)17-11-7-9-13-20(17)27-6/h7-14,19H,15-16H2,1-6H3,(H,24,26). The molecule has 28 heavy (non-hydrogen) atoms. The van der Waals surface area contributed by atoms with Crippen LogP contribution in [0.15, 0.2) is 48.5 Å². The zero-order chi connectivity index (χ0) is 20.7. The summed E-state index contributed by atoms with van der Waals surface area (Å²) < 4.78 is 11.3. The zero-order valence-corrected chi connectivity index (χ0v) is 17.8. The van der Waals surface area contributed by atoms with Crippen LogP contribution in [-0.4, -0.2) is 45.2 Å². The number of benzene rings is 2. The number of para-hydroxylation sites is 2. The van der Waals surface area contributed by atoms with Crippen LogP contribution in [0.5, 0.6) is 11.5 Å². The number of carbonyl (C=O) groups excluding carboxylic acids is 1. The first-order chi connectivity index (χ1) is 13.2. The van der Waals surface area contributed by atoms with E-state index in [9.17, 15) is 4.79 Å². The lowest BCUT2D eigenvalue weighted by molar-refractivity contribution is -0.123. The number of nitrogens with one attached hydrogen (secondary N) is 1. The number of hydrogen-bond donors (Lipinski definition) is 1. The molecule has 0 saturated heterocycles. The highest BCUT2D eigenvalue weighted by molar-refractivity contribution is 5.77. The van der Waals surface area contributed by atoms with Gasteiger partial charge in [0.2, 0.25) is 0 Å². The molecule has 0 heterocycles. The third kappa shape index (κ3) is 5.73. The molecule has 152 valence electrons. The van der Waals surface area contributed by atoms with E-state index in [1.807, 2.05) is 62.6 Å². The highest BCUT2D eigenvalue weighted by Crippen LogP contribution is 2.31. The molecule has 0 bridgehead atoms. The molecule has 0 spiro atoms. The van der Waals surface area contributed by atoms with Gasteiger partial charge in [-0.3, -0.25) is 4.79 Å². The molecule has 2 aromatic rings. The van der Waals surface area contributed by atoms with Gasteiger partial charge in [-0.1, -0.05) is 57.2 Å². The van der Waals surface area contributed by atoms with E-state index in [1.165, 1.54) is 0 Å². The SMILES string of the molecule is COc1ccccc1C(CNC(=O)COc1ccccc1C(C)(C)C)N(C)C. The minimum atomic E-state index is -0.148. The number of ether oxygens (including phenoxy) is 2. The predicted molar refractivity (Wildman–Crippen MR) is 113 cm³/mol. The van der Waals surface area contributed by atoms with E-state index in [0.717, 1.165) is 22.6 Å².